The van der Waals surface area contributed by atoms with E-state index in [4.69, 9.17) is 9.47 Å². The van der Waals surface area contributed by atoms with Crippen LogP contribution in [0.25, 0.3) is 0 Å². The fraction of sp³-hybridized carbons (Fsp3) is 0.609. The number of nitrogens with zero attached hydrogens (tertiary/aromatic N) is 6. The Bertz CT molecular complexity index is 897. The molecule has 0 radical (unpaired) electrons. The summed E-state index contributed by atoms with van der Waals surface area (Å²) in [4.78, 5) is 23.8. The van der Waals surface area contributed by atoms with Gasteiger partial charge < -0.3 is 14.4 Å². The van der Waals surface area contributed by atoms with Crippen molar-refractivity contribution < 1.29 is 14.3 Å². The van der Waals surface area contributed by atoms with Crippen LogP contribution in [0.15, 0.2) is 30.9 Å². The van der Waals surface area contributed by atoms with Gasteiger partial charge in [-0.05, 0) is 37.0 Å². The summed E-state index contributed by atoms with van der Waals surface area (Å²) >= 11 is 0. The van der Waals surface area contributed by atoms with E-state index >= 15 is 0 Å². The third-order valence-electron chi connectivity index (χ3n) is 6.76. The predicted octanol–water partition coefficient (Wildman–Crippen LogP) is 1.60. The van der Waals surface area contributed by atoms with Gasteiger partial charge in [-0.2, -0.15) is 5.10 Å². The Hall–Kier alpha value is -2.65. The number of amides is 1. The van der Waals surface area contributed by atoms with Crippen molar-refractivity contribution in [3.63, 3.8) is 0 Å². The van der Waals surface area contributed by atoms with Crippen molar-refractivity contribution in [3.8, 4) is 11.5 Å². The molecule has 2 fully saturated rings. The summed E-state index contributed by atoms with van der Waals surface area (Å²) in [7, 11) is 0. The number of hydrogen-bond donors (Lipinski definition) is 0. The Kier molecular flexibility index (Phi) is 6.54. The molecule has 3 aliphatic heterocycles. The quantitative estimate of drug-likeness (QED) is 0.647. The molecule has 32 heavy (non-hydrogen) atoms. The minimum Gasteiger partial charge on any atom is -0.454 e. The maximum absolute atomic E-state index is 12.7. The van der Waals surface area contributed by atoms with Crippen LogP contribution in [0.3, 0.4) is 0 Å². The first-order valence-electron chi connectivity index (χ1n) is 11.7. The van der Waals surface area contributed by atoms with E-state index in [9.17, 15) is 4.79 Å². The van der Waals surface area contributed by atoms with Crippen LogP contribution >= 0.6 is 0 Å². The van der Waals surface area contributed by atoms with Gasteiger partial charge in [0.05, 0.1) is 0 Å². The monoisotopic (exact) mass is 440 g/mol. The summed E-state index contributed by atoms with van der Waals surface area (Å²) < 4.78 is 12.7. The van der Waals surface area contributed by atoms with Gasteiger partial charge in [0.25, 0.3) is 0 Å². The van der Waals surface area contributed by atoms with E-state index in [0.717, 1.165) is 76.7 Å². The van der Waals surface area contributed by atoms with Crippen molar-refractivity contribution >= 4 is 5.91 Å². The van der Waals surface area contributed by atoms with Crippen LogP contribution in [-0.2, 0) is 17.9 Å². The standard InChI is InChI=1S/C23H32N6O3/c30-23(4-2-8-29-17-24-16-25-29)28-7-1-3-20(15-28)27-11-9-26(10-12-27)14-19-5-6-21-22(13-19)32-18-31-21/h5-6,13,16-17,20H,1-4,7-12,14-15,18H2/t20-/m0/s1. The van der Waals surface area contributed by atoms with Crippen LogP contribution in [0.2, 0.25) is 0 Å². The van der Waals surface area contributed by atoms with Crippen molar-refractivity contribution in [1.29, 1.82) is 0 Å². The highest BCUT2D eigenvalue weighted by molar-refractivity contribution is 5.76. The van der Waals surface area contributed by atoms with E-state index < -0.39 is 0 Å². The zero-order chi connectivity index (χ0) is 21.8. The Morgan fingerprint density at radius 2 is 1.97 bits per heavy atom. The number of ether oxygens (including phenoxy) is 2. The summed E-state index contributed by atoms with van der Waals surface area (Å²) in [5.41, 5.74) is 1.27. The van der Waals surface area contributed by atoms with Crippen LogP contribution in [0, 0.1) is 0 Å². The van der Waals surface area contributed by atoms with Crippen LogP contribution < -0.4 is 9.47 Å². The number of piperazine rings is 1. The van der Waals surface area contributed by atoms with Crippen LogP contribution in [0.4, 0.5) is 0 Å². The number of aromatic nitrogens is 3. The number of hydrogen-bond acceptors (Lipinski definition) is 7. The molecule has 5 rings (SSSR count). The van der Waals surface area contributed by atoms with E-state index in [2.05, 4.69) is 36.9 Å². The van der Waals surface area contributed by atoms with E-state index in [-0.39, 0.29) is 5.91 Å². The van der Waals surface area contributed by atoms with Gasteiger partial charge in [0, 0.05) is 64.8 Å². The highest BCUT2D eigenvalue weighted by atomic mass is 16.7. The maximum atomic E-state index is 12.7. The van der Waals surface area contributed by atoms with E-state index in [1.807, 2.05) is 6.07 Å². The second kappa shape index (κ2) is 9.87. The zero-order valence-corrected chi connectivity index (χ0v) is 18.6. The molecule has 3 aliphatic rings. The SMILES string of the molecule is O=C(CCCn1cncn1)N1CCC[C@H](N2CCN(Cc3ccc4c(c3)OCO4)CC2)C1. The lowest BCUT2D eigenvalue weighted by atomic mass is 10.0. The van der Waals surface area contributed by atoms with Gasteiger partial charge in [-0.25, -0.2) is 4.98 Å². The molecule has 9 nitrogen and oxygen atoms in total. The molecule has 2 saturated heterocycles. The zero-order valence-electron chi connectivity index (χ0n) is 18.6. The van der Waals surface area contributed by atoms with E-state index in [0.29, 0.717) is 19.3 Å². The molecule has 0 unspecified atom stereocenters. The first kappa shape index (κ1) is 21.2. The first-order valence-corrected chi connectivity index (χ1v) is 11.7. The number of piperidine rings is 1. The number of likely N-dealkylation sites (tertiary alicyclic amines) is 1. The Morgan fingerprint density at radius 3 is 2.81 bits per heavy atom. The summed E-state index contributed by atoms with van der Waals surface area (Å²) in [5, 5.41) is 4.10. The molecule has 172 valence electrons. The van der Waals surface area contributed by atoms with Crippen molar-refractivity contribution in [3.05, 3.63) is 36.4 Å². The molecule has 1 aromatic heterocycles. The third kappa shape index (κ3) is 5.05. The van der Waals surface area contributed by atoms with Gasteiger partial charge in [-0.1, -0.05) is 6.07 Å². The molecule has 0 aliphatic carbocycles. The molecule has 1 aromatic carbocycles. The highest BCUT2D eigenvalue weighted by Gasteiger charge is 2.30. The van der Waals surface area contributed by atoms with Crippen molar-refractivity contribution in [1.82, 2.24) is 29.5 Å². The van der Waals surface area contributed by atoms with Gasteiger partial charge in [-0.15, -0.1) is 0 Å². The predicted molar refractivity (Wildman–Crippen MR) is 118 cm³/mol. The third-order valence-corrected chi connectivity index (χ3v) is 6.76. The Morgan fingerprint density at radius 1 is 1.09 bits per heavy atom. The number of aryl methyl sites for hydroxylation is 1. The minimum absolute atomic E-state index is 0.274. The lowest BCUT2D eigenvalue weighted by Crippen LogP contribution is -2.55. The lowest BCUT2D eigenvalue weighted by molar-refractivity contribution is -0.133. The molecular weight excluding hydrogens is 408 g/mol. The van der Waals surface area contributed by atoms with Crippen molar-refractivity contribution in [2.45, 2.75) is 44.8 Å². The number of fused-ring (bicyclic) bond motifs is 1. The molecular formula is C23H32N6O3. The second-order valence-corrected chi connectivity index (χ2v) is 8.90. The average molecular weight is 441 g/mol. The number of benzene rings is 1. The molecule has 4 heterocycles. The van der Waals surface area contributed by atoms with Crippen LogP contribution in [-0.4, -0.2) is 87.5 Å². The van der Waals surface area contributed by atoms with Crippen LogP contribution in [0.5, 0.6) is 11.5 Å². The maximum Gasteiger partial charge on any atom is 0.231 e. The molecule has 2 aromatic rings. The normalized spacial score (nSPS) is 21.8. The Balaban J connectivity index is 1.06. The molecule has 0 N–H and O–H groups in total. The fourth-order valence-corrected chi connectivity index (χ4v) is 4.96. The van der Waals surface area contributed by atoms with E-state index in [1.165, 1.54) is 18.3 Å². The van der Waals surface area contributed by atoms with Crippen LogP contribution in [0.1, 0.15) is 31.2 Å². The van der Waals surface area contributed by atoms with Gasteiger partial charge >= 0.3 is 0 Å². The first-order chi connectivity index (χ1) is 15.7. The minimum atomic E-state index is 0.274. The van der Waals surface area contributed by atoms with E-state index in [1.54, 1.807) is 11.0 Å². The largest absolute Gasteiger partial charge is 0.454 e. The van der Waals surface area contributed by atoms with Gasteiger partial charge in [0.1, 0.15) is 12.7 Å². The smallest absolute Gasteiger partial charge is 0.231 e. The number of carbonyl (C=O) groups excluding carboxylic acids is 1. The Labute approximate surface area is 188 Å². The molecule has 0 spiro atoms. The molecule has 1 amide bonds. The summed E-state index contributed by atoms with van der Waals surface area (Å²) in [6.07, 6.45) is 6.90. The lowest BCUT2D eigenvalue weighted by Gasteiger charge is -2.43. The summed E-state index contributed by atoms with van der Waals surface area (Å²) in [6.45, 7) is 7.98. The summed E-state index contributed by atoms with van der Waals surface area (Å²) in [5.74, 6) is 1.97. The molecule has 1 atom stereocenters. The van der Waals surface area contributed by atoms with Gasteiger partial charge in [0.15, 0.2) is 11.5 Å². The van der Waals surface area contributed by atoms with Gasteiger partial charge in [0.2, 0.25) is 12.7 Å². The average Bonchev–Trinajstić information content (AvgIpc) is 3.51. The van der Waals surface area contributed by atoms with Gasteiger partial charge in [-0.3, -0.25) is 19.3 Å². The molecule has 0 bridgehead atoms. The number of carbonyl (C=O) groups is 1. The molecule has 9 heteroatoms. The van der Waals surface area contributed by atoms with Crippen molar-refractivity contribution in [2.24, 2.45) is 0 Å². The fourth-order valence-electron chi connectivity index (χ4n) is 4.96. The topological polar surface area (TPSA) is 76.0 Å². The van der Waals surface area contributed by atoms with Crippen molar-refractivity contribution in [2.75, 3.05) is 46.1 Å². The molecule has 0 saturated carbocycles. The summed E-state index contributed by atoms with van der Waals surface area (Å²) in [6, 6.07) is 6.72. The number of rotatable bonds is 7. The second-order valence-electron chi connectivity index (χ2n) is 8.90. The highest BCUT2D eigenvalue weighted by Crippen LogP contribution is 2.33.